The monoisotopic (exact) mass is 619 g/mol. The van der Waals surface area contributed by atoms with E-state index in [0.29, 0.717) is 28.6 Å². The number of nitrogens with two attached hydrogens (primary N) is 1. The largest absolute Gasteiger partial charge is 0.381 e. The molecule has 2 atom stereocenters. The standard InChI is InChI=1S/C27H34ClN9O2S.ClH/c1-17-24(29)27(16-39-17)6-10-37(11-7-27)21-14-33-22(15-32-21)40-19-2-8-30-25(23(19)28)35-20-3-9-31-26(36-20)34-18-4-12-38-13-5-18;/h2-3,8-9,14-15,17-18,24H,4-7,10-13,16,29H2,1H3,(H2,30,31,34,35,36);1H/t17-,24+;/m0./s1. The molecule has 0 aliphatic carbocycles. The smallest absolute Gasteiger partial charge is 0.224 e. The fourth-order valence-electron chi connectivity index (χ4n) is 5.53. The molecule has 6 rings (SSSR count). The normalized spacial score (nSPS) is 22.4. The summed E-state index contributed by atoms with van der Waals surface area (Å²) in [6.45, 7) is 6.10. The highest BCUT2D eigenvalue weighted by Crippen LogP contribution is 2.42. The molecule has 3 saturated heterocycles. The third kappa shape index (κ3) is 6.79. The zero-order valence-electron chi connectivity index (χ0n) is 22.8. The fourth-order valence-corrected chi connectivity index (χ4v) is 6.55. The first kappa shape index (κ1) is 30.0. The lowest BCUT2D eigenvalue weighted by Gasteiger charge is -2.41. The lowest BCUT2D eigenvalue weighted by molar-refractivity contribution is 0.0903. The summed E-state index contributed by atoms with van der Waals surface area (Å²) in [7, 11) is 0. The summed E-state index contributed by atoms with van der Waals surface area (Å²) in [6, 6.07) is 4.04. The number of piperidine rings is 1. The summed E-state index contributed by atoms with van der Waals surface area (Å²) < 4.78 is 11.3. The van der Waals surface area contributed by atoms with Crippen LogP contribution in [0.15, 0.2) is 46.8 Å². The number of pyridine rings is 1. The fraction of sp³-hybridized carbons (Fsp3) is 0.519. The average Bonchev–Trinajstić information content (AvgIpc) is 3.25. The number of aromatic nitrogens is 5. The zero-order chi connectivity index (χ0) is 27.5. The van der Waals surface area contributed by atoms with Crippen molar-refractivity contribution in [3.05, 3.63) is 41.9 Å². The maximum atomic E-state index is 6.74. The van der Waals surface area contributed by atoms with Crippen LogP contribution in [0.25, 0.3) is 0 Å². The predicted octanol–water partition coefficient (Wildman–Crippen LogP) is 4.56. The van der Waals surface area contributed by atoms with Crippen LogP contribution in [-0.2, 0) is 9.47 Å². The number of nitrogens with zero attached hydrogens (tertiary/aromatic N) is 6. The second kappa shape index (κ2) is 13.2. The minimum Gasteiger partial charge on any atom is -0.381 e. The molecule has 14 heteroatoms. The van der Waals surface area contributed by atoms with Gasteiger partial charge in [0.05, 0.1) is 30.1 Å². The molecule has 1 spiro atoms. The Labute approximate surface area is 255 Å². The van der Waals surface area contributed by atoms with Gasteiger partial charge in [0.15, 0.2) is 5.82 Å². The SMILES string of the molecule is C[C@@H]1OCC2(CCN(c3cnc(Sc4ccnc(Nc5ccnc(NC6CCOCC6)n5)c4Cl)cn3)CC2)[C@@H]1N.Cl. The number of hydrogen-bond acceptors (Lipinski definition) is 12. The minimum absolute atomic E-state index is 0. The van der Waals surface area contributed by atoms with Crippen LogP contribution in [0.1, 0.15) is 32.6 Å². The first-order valence-electron chi connectivity index (χ1n) is 13.7. The van der Waals surface area contributed by atoms with E-state index >= 15 is 0 Å². The van der Waals surface area contributed by atoms with Crippen molar-refractivity contribution in [2.75, 3.05) is 48.4 Å². The second-order valence-electron chi connectivity index (χ2n) is 10.6. The van der Waals surface area contributed by atoms with Crippen molar-refractivity contribution in [3.63, 3.8) is 0 Å². The minimum atomic E-state index is 0. The molecule has 11 nitrogen and oxygen atoms in total. The summed E-state index contributed by atoms with van der Waals surface area (Å²) in [5, 5.41) is 7.84. The lowest BCUT2D eigenvalue weighted by atomic mass is 9.73. The van der Waals surface area contributed by atoms with E-state index in [9.17, 15) is 0 Å². The topological polar surface area (TPSA) is 136 Å². The molecule has 41 heavy (non-hydrogen) atoms. The molecule has 3 aromatic rings. The van der Waals surface area contributed by atoms with E-state index in [-0.39, 0.29) is 30.0 Å². The van der Waals surface area contributed by atoms with Gasteiger partial charge in [0, 0.05) is 61.1 Å². The maximum absolute atomic E-state index is 6.74. The molecule has 3 aliphatic heterocycles. The number of rotatable bonds is 7. The van der Waals surface area contributed by atoms with Gasteiger partial charge in [-0.15, -0.1) is 12.4 Å². The third-order valence-electron chi connectivity index (χ3n) is 8.07. The van der Waals surface area contributed by atoms with Crippen molar-refractivity contribution < 1.29 is 9.47 Å². The highest BCUT2D eigenvalue weighted by molar-refractivity contribution is 7.99. The molecule has 0 unspecified atom stereocenters. The second-order valence-corrected chi connectivity index (χ2v) is 12.0. The summed E-state index contributed by atoms with van der Waals surface area (Å²) in [5.41, 5.74) is 6.55. The molecule has 0 radical (unpaired) electrons. The van der Waals surface area contributed by atoms with E-state index in [4.69, 9.17) is 31.8 Å². The van der Waals surface area contributed by atoms with E-state index < -0.39 is 0 Å². The van der Waals surface area contributed by atoms with Crippen LogP contribution in [-0.4, -0.2) is 76.0 Å². The van der Waals surface area contributed by atoms with Gasteiger partial charge in [0.1, 0.15) is 16.7 Å². The van der Waals surface area contributed by atoms with Gasteiger partial charge in [-0.05, 0) is 44.7 Å². The molecule has 220 valence electrons. The predicted molar refractivity (Wildman–Crippen MR) is 163 cm³/mol. The van der Waals surface area contributed by atoms with Gasteiger partial charge in [0.2, 0.25) is 5.95 Å². The van der Waals surface area contributed by atoms with Crippen LogP contribution in [0.3, 0.4) is 0 Å². The lowest BCUT2D eigenvalue weighted by Crippen LogP contribution is -2.50. The van der Waals surface area contributed by atoms with E-state index in [1.54, 1.807) is 24.7 Å². The summed E-state index contributed by atoms with van der Waals surface area (Å²) >= 11 is 8.19. The Bertz CT molecular complexity index is 1310. The van der Waals surface area contributed by atoms with Gasteiger partial charge >= 0.3 is 0 Å². The highest BCUT2D eigenvalue weighted by atomic mass is 35.5. The Balaban J connectivity index is 0.00000337. The van der Waals surface area contributed by atoms with Gasteiger partial charge in [-0.2, -0.15) is 4.98 Å². The van der Waals surface area contributed by atoms with Crippen molar-refractivity contribution in [2.24, 2.45) is 11.1 Å². The molecule has 0 saturated carbocycles. The average molecular weight is 621 g/mol. The van der Waals surface area contributed by atoms with Gasteiger partial charge in [-0.25, -0.2) is 19.9 Å². The highest BCUT2D eigenvalue weighted by Gasteiger charge is 2.47. The van der Waals surface area contributed by atoms with Crippen molar-refractivity contribution in [3.8, 4) is 0 Å². The molecule has 0 bridgehead atoms. The van der Waals surface area contributed by atoms with Crippen molar-refractivity contribution >= 4 is 59.2 Å². The molecule has 4 N–H and O–H groups in total. The van der Waals surface area contributed by atoms with Gasteiger partial charge in [-0.3, -0.25) is 0 Å². The van der Waals surface area contributed by atoms with Crippen LogP contribution in [0.5, 0.6) is 0 Å². The van der Waals surface area contributed by atoms with E-state index in [2.05, 4.69) is 42.4 Å². The number of halogens is 2. The van der Waals surface area contributed by atoms with Gasteiger partial charge in [0.25, 0.3) is 0 Å². The maximum Gasteiger partial charge on any atom is 0.224 e. The summed E-state index contributed by atoms with van der Waals surface area (Å²) in [6.07, 6.45) is 11.0. The first-order chi connectivity index (χ1) is 19.5. The van der Waals surface area contributed by atoms with Crippen LogP contribution >= 0.6 is 35.8 Å². The number of anilines is 4. The molecule has 3 aromatic heterocycles. The van der Waals surface area contributed by atoms with Crippen LogP contribution < -0.4 is 21.3 Å². The van der Waals surface area contributed by atoms with Gasteiger partial charge < -0.3 is 30.7 Å². The van der Waals surface area contributed by atoms with Crippen molar-refractivity contribution in [1.29, 1.82) is 0 Å². The van der Waals surface area contributed by atoms with Crippen molar-refractivity contribution in [1.82, 2.24) is 24.9 Å². The number of nitrogens with one attached hydrogen (secondary N) is 2. The molecular weight excluding hydrogens is 585 g/mol. The van der Waals surface area contributed by atoms with Gasteiger partial charge in [-0.1, -0.05) is 23.4 Å². The number of ether oxygens (including phenoxy) is 2. The Hall–Kier alpha value is -2.48. The quantitative estimate of drug-likeness (QED) is 0.342. The molecule has 3 fully saturated rings. The molecule has 3 aliphatic rings. The molecular formula is C27H35Cl2N9O2S. The Morgan fingerprint density at radius 1 is 1.07 bits per heavy atom. The first-order valence-corrected chi connectivity index (χ1v) is 14.9. The third-order valence-corrected chi connectivity index (χ3v) is 9.54. The van der Waals surface area contributed by atoms with Crippen LogP contribution in [0.2, 0.25) is 5.02 Å². The summed E-state index contributed by atoms with van der Waals surface area (Å²) in [5.74, 6) is 2.55. The number of hydrogen-bond donors (Lipinski definition) is 3. The Kier molecular flexibility index (Phi) is 9.67. The molecule has 0 amide bonds. The van der Waals surface area contributed by atoms with E-state index in [0.717, 1.165) is 74.3 Å². The zero-order valence-corrected chi connectivity index (χ0v) is 25.2. The molecule has 6 heterocycles. The van der Waals surface area contributed by atoms with Crippen LogP contribution in [0, 0.1) is 5.41 Å². The van der Waals surface area contributed by atoms with Crippen LogP contribution in [0.4, 0.5) is 23.4 Å². The van der Waals surface area contributed by atoms with E-state index in [1.165, 1.54) is 11.8 Å². The Morgan fingerprint density at radius 2 is 1.85 bits per heavy atom. The van der Waals surface area contributed by atoms with Crippen molar-refractivity contribution in [2.45, 2.75) is 60.7 Å². The molecule has 0 aromatic carbocycles. The Morgan fingerprint density at radius 3 is 2.56 bits per heavy atom. The summed E-state index contributed by atoms with van der Waals surface area (Å²) in [4.78, 5) is 25.8. The van der Waals surface area contributed by atoms with E-state index in [1.807, 2.05) is 12.3 Å².